The highest BCUT2D eigenvalue weighted by molar-refractivity contribution is 7.16. The lowest BCUT2D eigenvalue weighted by Crippen LogP contribution is -2.22. The number of nitro groups is 1. The molecule has 0 atom stereocenters. The molecule has 13 heavy (non-hydrogen) atoms. The predicted molar refractivity (Wildman–Crippen MR) is 45.1 cm³/mol. The Kier molecular flexibility index (Phi) is 2.54. The molecule has 2 N–H and O–H groups in total. The highest BCUT2D eigenvalue weighted by atomic mass is 32.1. The van der Waals surface area contributed by atoms with Crippen LogP contribution < -0.4 is 0 Å². The van der Waals surface area contributed by atoms with E-state index in [0.29, 0.717) is 5.06 Å². The van der Waals surface area contributed by atoms with E-state index in [1.54, 1.807) is 0 Å². The molecule has 1 aromatic heterocycles. The van der Waals surface area contributed by atoms with Crippen molar-refractivity contribution in [1.29, 1.82) is 5.41 Å². The summed E-state index contributed by atoms with van der Waals surface area (Å²) in [6.45, 7) is 0. The second kappa shape index (κ2) is 3.46. The number of thiazole rings is 1. The molecular weight excluding hydrogens is 196 g/mol. The van der Waals surface area contributed by atoms with Gasteiger partial charge in [0.2, 0.25) is 0 Å². The van der Waals surface area contributed by atoms with Crippen LogP contribution in [-0.4, -0.2) is 33.1 Å². The van der Waals surface area contributed by atoms with Gasteiger partial charge in [0.25, 0.3) is 0 Å². The van der Waals surface area contributed by atoms with Crippen LogP contribution in [0.15, 0.2) is 6.20 Å². The fraction of sp³-hybridized carbons (Fsp3) is 0.200. The number of rotatable bonds is 2. The van der Waals surface area contributed by atoms with Gasteiger partial charge in [-0.15, -0.1) is 0 Å². The largest absolute Gasteiger partial charge is 0.344 e. The smallest absolute Gasteiger partial charge is 0.287 e. The first-order valence-electron chi connectivity index (χ1n) is 3.14. The van der Waals surface area contributed by atoms with Gasteiger partial charge in [-0.05, 0) is 11.3 Å². The Balaban J connectivity index is 2.92. The molecule has 0 amide bonds. The van der Waals surface area contributed by atoms with Crippen LogP contribution in [-0.2, 0) is 0 Å². The lowest BCUT2D eigenvalue weighted by atomic mass is 10.6. The Morgan fingerprint density at radius 2 is 2.54 bits per heavy atom. The van der Waals surface area contributed by atoms with E-state index < -0.39 is 4.92 Å². The molecule has 0 saturated carbocycles. The third-order valence-corrected chi connectivity index (χ3v) is 2.16. The van der Waals surface area contributed by atoms with Gasteiger partial charge in [0.1, 0.15) is 6.20 Å². The van der Waals surface area contributed by atoms with Crippen LogP contribution in [0.3, 0.4) is 0 Å². The average Bonchev–Trinajstić information content (AvgIpc) is 2.50. The molecule has 0 unspecified atom stereocenters. The quantitative estimate of drug-likeness (QED) is 0.318. The van der Waals surface area contributed by atoms with Crippen molar-refractivity contribution in [2.75, 3.05) is 7.05 Å². The Labute approximate surface area is 76.9 Å². The van der Waals surface area contributed by atoms with E-state index >= 15 is 0 Å². The van der Waals surface area contributed by atoms with Crippen LogP contribution in [0.4, 0.5) is 5.00 Å². The lowest BCUT2D eigenvalue weighted by molar-refractivity contribution is -0.380. The predicted octanol–water partition coefficient (Wildman–Crippen LogP) is 0.698. The van der Waals surface area contributed by atoms with Crippen molar-refractivity contribution in [1.82, 2.24) is 10.0 Å². The number of hydrogen-bond acceptors (Lipinski definition) is 6. The first-order chi connectivity index (χ1) is 6.02. The molecule has 1 heterocycles. The SMILES string of the molecule is CN(O)C(=N)c1ncc([N+](=O)[O-])s1. The maximum absolute atomic E-state index is 10.2. The molecule has 0 spiro atoms. The van der Waals surface area contributed by atoms with Gasteiger partial charge < -0.3 is 0 Å². The number of nitrogens with zero attached hydrogens (tertiary/aromatic N) is 3. The van der Waals surface area contributed by atoms with Gasteiger partial charge in [-0.1, -0.05) is 0 Å². The third kappa shape index (κ3) is 1.98. The second-order valence-corrected chi connectivity index (χ2v) is 3.14. The zero-order valence-electron chi connectivity index (χ0n) is 6.59. The molecule has 0 aliphatic carbocycles. The molecule has 70 valence electrons. The number of nitrogens with one attached hydrogen (secondary N) is 1. The molecule has 0 aliphatic rings. The standard InChI is InChI=1S/C5H6N4O3S/c1-8(10)4(6)5-7-2-3(13-5)9(11)12/h2,6,10H,1H3. The summed E-state index contributed by atoms with van der Waals surface area (Å²) in [4.78, 5) is 13.3. The minimum absolute atomic E-state index is 0.108. The van der Waals surface area contributed by atoms with Crippen LogP contribution >= 0.6 is 11.3 Å². The number of amidine groups is 1. The first kappa shape index (κ1) is 9.55. The molecule has 0 aliphatic heterocycles. The number of hydrogen-bond donors (Lipinski definition) is 2. The summed E-state index contributed by atoms with van der Waals surface area (Å²) in [7, 11) is 1.25. The van der Waals surface area contributed by atoms with Crippen LogP contribution in [0.1, 0.15) is 5.01 Å². The fourth-order valence-corrected chi connectivity index (χ4v) is 1.31. The minimum Gasteiger partial charge on any atom is -0.287 e. The monoisotopic (exact) mass is 202 g/mol. The molecule has 0 radical (unpaired) electrons. The zero-order chi connectivity index (χ0) is 10.0. The highest BCUT2D eigenvalue weighted by Gasteiger charge is 2.16. The zero-order valence-corrected chi connectivity index (χ0v) is 7.41. The van der Waals surface area contributed by atoms with Gasteiger partial charge in [0.05, 0.1) is 4.92 Å². The number of hydroxylamine groups is 2. The van der Waals surface area contributed by atoms with Crippen molar-refractivity contribution >= 4 is 22.2 Å². The summed E-state index contributed by atoms with van der Waals surface area (Å²) in [5.41, 5.74) is 0. The van der Waals surface area contributed by atoms with E-state index in [4.69, 9.17) is 10.6 Å². The van der Waals surface area contributed by atoms with Crippen molar-refractivity contribution in [3.05, 3.63) is 21.3 Å². The summed E-state index contributed by atoms with van der Waals surface area (Å²) < 4.78 is 0. The van der Waals surface area contributed by atoms with Gasteiger partial charge in [0, 0.05) is 7.05 Å². The molecule has 7 nitrogen and oxygen atoms in total. The van der Waals surface area contributed by atoms with Gasteiger partial charge in [0.15, 0.2) is 10.8 Å². The normalized spacial score (nSPS) is 9.69. The van der Waals surface area contributed by atoms with Crippen molar-refractivity contribution < 1.29 is 10.1 Å². The van der Waals surface area contributed by atoms with Crippen LogP contribution in [0.25, 0.3) is 0 Å². The van der Waals surface area contributed by atoms with Crippen LogP contribution in [0.5, 0.6) is 0 Å². The van der Waals surface area contributed by atoms with E-state index in [2.05, 4.69) is 4.98 Å². The van der Waals surface area contributed by atoms with E-state index in [9.17, 15) is 10.1 Å². The summed E-state index contributed by atoms with van der Waals surface area (Å²) in [6.07, 6.45) is 1.05. The second-order valence-electron chi connectivity index (χ2n) is 2.13. The van der Waals surface area contributed by atoms with Gasteiger partial charge in [-0.25, -0.2) is 10.0 Å². The first-order valence-corrected chi connectivity index (χ1v) is 3.95. The summed E-state index contributed by atoms with van der Waals surface area (Å²) in [6, 6.07) is 0. The Morgan fingerprint density at radius 1 is 1.92 bits per heavy atom. The van der Waals surface area contributed by atoms with E-state index in [0.717, 1.165) is 17.5 Å². The van der Waals surface area contributed by atoms with Gasteiger partial charge in [-0.2, -0.15) is 0 Å². The summed E-state index contributed by atoms with van der Waals surface area (Å²) in [5.74, 6) is -0.266. The number of aromatic nitrogens is 1. The average molecular weight is 202 g/mol. The highest BCUT2D eigenvalue weighted by Crippen LogP contribution is 2.21. The molecule has 1 rings (SSSR count). The van der Waals surface area contributed by atoms with Crippen molar-refractivity contribution in [3.8, 4) is 0 Å². The van der Waals surface area contributed by atoms with E-state index in [-0.39, 0.29) is 15.8 Å². The van der Waals surface area contributed by atoms with Crippen molar-refractivity contribution in [2.45, 2.75) is 0 Å². The minimum atomic E-state index is -0.591. The lowest BCUT2D eigenvalue weighted by Gasteiger charge is -2.06. The summed E-state index contributed by atoms with van der Waals surface area (Å²) in [5, 5.41) is 26.8. The molecule has 8 heteroatoms. The Bertz CT molecular complexity index is 347. The molecular formula is C5H6N4O3S. The maximum atomic E-state index is 10.2. The van der Waals surface area contributed by atoms with E-state index in [1.807, 2.05) is 0 Å². The van der Waals surface area contributed by atoms with Crippen molar-refractivity contribution in [3.63, 3.8) is 0 Å². The molecule has 0 bridgehead atoms. The molecule has 0 fully saturated rings. The topological polar surface area (TPSA) is 103 Å². The molecule has 1 aromatic rings. The van der Waals surface area contributed by atoms with Crippen molar-refractivity contribution in [2.24, 2.45) is 0 Å². The summed E-state index contributed by atoms with van der Waals surface area (Å²) >= 11 is 0.741. The van der Waals surface area contributed by atoms with Crippen LogP contribution in [0.2, 0.25) is 0 Å². The molecule has 0 saturated heterocycles. The van der Waals surface area contributed by atoms with Crippen LogP contribution in [0, 0.1) is 15.5 Å². The van der Waals surface area contributed by atoms with Gasteiger partial charge >= 0.3 is 5.00 Å². The molecule has 0 aromatic carbocycles. The Morgan fingerprint density at radius 3 is 2.92 bits per heavy atom. The maximum Gasteiger partial charge on any atom is 0.344 e. The fourth-order valence-electron chi connectivity index (χ4n) is 0.598. The van der Waals surface area contributed by atoms with E-state index in [1.165, 1.54) is 7.05 Å². The third-order valence-electron chi connectivity index (χ3n) is 1.20. The Hall–Kier alpha value is -1.54. The van der Waals surface area contributed by atoms with Gasteiger partial charge in [-0.3, -0.25) is 20.7 Å².